The summed E-state index contributed by atoms with van der Waals surface area (Å²) in [6.07, 6.45) is 1.99. The van der Waals surface area contributed by atoms with Crippen molar-refractivity contribution in [2.24, 2.45) is 0 Å². The van der Waals surface area contributed by atoms with Crippen LogP contribution in [0.25, 0.3) is 10.9 Å². The van der Waals surface area contributed by atoms with Crippen molar-refractivity contribution in [2.75, 3.05) is 6.79 Å². The topological polar surface area (TPSA) is 60.7 Å². The molecule has 1 aromatic carbocycles. The zero-order chi connectivity index (χ0) is 11.8. The van der Waals surface area contributed by atoms with Gasteiger partial charge in [-0.3, -0.25) is 4.79 Å². The number of hydrogen-bond acceptors (Lipinski definition) is 3. The highest BCUT2D eigenvalue weighted by Crippen LogP contribution is 2.36. The summed E-state index contributed by atoms with van der Waals surface area (Å²) in [4.78, 5) is 10.6. The first-order valence-corrected chi connectivity index (χ1v) is 5.34. The van der Waals surface area contributed by atoms with Gasteiger partial charge in [-0.15, -0.1) is 0 Å². The number of carbonyl (C=O) groups is 1. The molecule has 0 radical (unpaired) electrons. The summed E-state index contributed by atoms with van der Waals surface area (Å²) in [5.74, 6) is 0.661. The van der Waals surface area contributed by atoms with Gasteiger partial charge in [0.15, 0.2) is 11.5 Å². The fourth-order valence-corrected chi connectivity index (χ4v) is 1.99. The predicted octanol–water partition coefficient (Wildman–Crippen LogP) is 1.84. The lowest BCUT2D eigenvalue weighted by molar-refractivity contribution is -0.137. The lowest BCUT2D eigenvalue weighted by Gasteiger charge is -2.04. The molecule has 5 heteroatoms. The Kier molecular flexibility index (Phi) is 2.18. The molecule has 2 aromatic rings. The molecule has 0 unspecified atom stereocenters. The van der Waals surface area contributed by atoms with Crippen LogP contribution in [0.2, 0.25) is 0 Å². The van der Waals surface area contributed by atoms with E-state index in [4.69, 9.17) is 14.6 Å². The lowest BCUT2D eigenvalue weighted by Crippen LogP contribution is -2.03. The number of rotatable bonds is 3. The summed E-state index contributed by atoms with van der Waals surface area (Å²) in [5, 5.41) is 9.71. The molecule has 0 saturated carbocycles. The van der Waals surface area contributed by atoms with Crippen LogP contribution in [-0.4, -0.2) is 22.4 Å². The Hall–Kier alpha value is -2.17. The van der Waals surface area contributed by atoms with Crippen LogP contribution in [0, 0.1) is 0 Å². The van der Waals surface area contributed by atoms with E-state index in [2.05, 4.69) is 0 Å². The van der Waals surface area contributed by atoms with Gasteiger partial charge in [0.1, 0.15) is 0 Å². The fourth-order valence-electron chi connectivity index (χ4n) is 1.99. The van der Waals surface area contributed by atoms with Crippen molar-refractivity contribution in [3.05, 3.63) is 24.4 Å². The monoisotopic (exact) mass is 233 g/mol. The van der Waals surface area contributed by atoms with Gasteiger partial charge in [-0.25, -0.2) is 0 Å². The van der Waals surface area contributed by atoms with Gasteiger partial charge in [0.25, 0.3) is 0 Å². The Morgan fingerprint density at radius 3 is 2.88 bits per heavy atom. The van der Waals surface area contributed by atoms with Gasteiger partial charge < -0.3 is 19.1 Å². The van der Waals surface area contributed by atoms with Gasteiger partial charge in [0.05, 0.1) is 11.9 Å². The number of nitrogens with zero attached hydrogens (tertiary/aromatic N) is 1. The molecule has 88 valence electrons. The smallest absolute Gasteiger partial charge is 0.305 e. The Bertz CT molecular complexity index is 587. The maximum Gasteiger partial charge on any atom is 0.305 e. The second-order valence-electron chi connectivity index (χ2n) is 3.92. The molecule has 5 nitrogen and oxygen atoms in total. The minimum atomic E-state index is -0.799. The molecule has 0 spiro atoms. The number of benzene rings is 1. The van der Waals surface area contributed by atoms with Crippen LogP contribution in [0.1, 0.15) is 6.42 Å². The van der Waals surface area contributed by atoms with E-state index in [1.54, 1.807) is 0 Å². The van der Waals surface area contributed by atoms with Crippen molar-refractivity contribution in [2.45, 2.75) is 13.0 Å². The maximum atomic E-state index is 10.6. The number of carboxylic acids is 1. The predicted molar refractivity (Wildman–Crippen MR) is 60.3 cm³/mol. The van der Waals surface area contributed by atoms with Crippen LogP contribution in [-0.2, 0) is 11.3 Å². The van der Waals surface area contributed by atoms with Crippen LogP contribution in [0.5, 0.6) is 11.5 Å². The standard InChI is InChI=1S/C12H11NO4/c14-12(15)2-4-13-3-1-8-5-10-11(6-9(8)13)17-7-16-10/h1,3,5-6H,2,4,7H2,(H,14,15). The number of ether oxygens (including phenoxy) is 2. The molecule has 3 rings (SSSR count). The van der Waals surface area contributed by atoms with Gasteiger partial charge in [-0.2, -0.15) is 0 Å². The molecule has 1 aromatic heterocycles. The first-order valence-electron chi connectivity index (χ1n) is 5.34. The van der Waals surface area contributed by atoms with Crippen molar-refractivity contribution < 1.29 is 19.4 Å². The molecule has 0 fully saturated rings. The van der Waals surface area contributed by atoms with E-state index in [0.717, 1.165) is 16.7 Å². The second-order valence-corrected chi connectivity index (χ2v) is 3.92. The third-order valence-electron chi connectivity index (χ3n) is 2.83. The summed E-state index contributed by atoms with van der Waals surface area (Å²) in [7, 11) is 0. The normalized spacial score (nSPS) is 13.2. The summed E-state index contributed by atoms with van der Waals surface area (Å²) < 4.78 is 12.5. The number of fused-ring (bicyclic) bond motifs is 2. The molecule has 1 aliphatic heterocycles. The SMILES string of the molecule is O=C(O)CCn1ccc2cc3c(cc21)OCO3. The van der Waals surface area contributed by atoms with E-state index in [9.17, 15) is 4.79 Å². The van der Waals surface area contributed by atoms with E-state index in [1.165, 1.54) is 0 Å². The number of aromatic nitrogens is 1. The number of hydrogen-bond donors (Lipinski definition) is 1. The summed E-state index contributed by atoms with van der Waals surface area (Å²) >= 11 is 0. The molecule has 0 amide bonds. The van der Waals surface area contributed by atoms with Crippen LogP contribution in [0.4, 0.5) is 0 Å². The molecule has 0 atom stereocenters. The highest BCUT2D eigenvalue weighted by atomic mass is 16.7. The third-order valence-corrected chi connectivity index (χ3v) is 2.83. The number of aryl methyl sites for hydroxylation is 1. The van der Waals surface area contributed by atoms with E-state index in [-0.39, 0.29) is 13.2 Å². The average molecular weight is 233 g/mol. The van der Waals surface area contributed by atoms with Crippen molar-refractivity contribution in [1.82, 2.24) is 4.57 Å². The lowest BCUT2D eigenvalue weighted by atomic mass is 10.2. The minimum absolute atomic E-state index is 0.109. The van der Waals surface area contributed by atoms with Crippen molar-refractivity contribution >= 4 is 16.9 Å². The van der Waals surface area contributed by atoms with Gasteiger partial charge in [-0.1, -0.05) is 0 Å². The van der Waals surface area contributed by atoms with Crippen LogP contribution < -0.4 is 9.47 Å². The average Bonchev–Trinajstić information content (AvgIpc) is 2.88. The minimum Gasteiger partial charge on any atom is -0.481 e. The van der Waals surface area contributed by atoms with E-state index >= 15 is 0 Å². The van der Waals surface area contributed by atoms with Gasteiger partial charge in [0, 0.05) is 24.2 Å². The highest BCUT2D eigenvalue weighted by molar-refractivity contribution is 5.84. The number of carboxylic acid groups (broad SMARTS) is 1. The summed E-state index contributed by atoms with van der Waals surface area (Å²) in [5.41, 5.74) is 0.968. The first kappa shape index (κ1) is 10.0. The second kappa shape index (κ2) is 3.69. The van der Waals surface area contributed by atoms with Crippen molar-refractivity contribution in [1.29, 1.82) is 0 Å². The molecule has 0 saturated heterocycles. The molecular formula is C12H11NO4. The van der Waals surface area contributed by atoms with Crippen LogP contribution >= 0.6 is 0 Å². The summed E-state index contributed by atoms with van der Waals surface area (Å²) in [6, 6.07) is 5.74. The quantitative estimate of drug-likeness (QED) is 0.878. The largest absolute Gasteiger partial charge is 0.481 e. The summed E-state index contributed by atoms with van der Waals surface area (Å²) in [6.45, 7) is 0.704. The molecule has 0 bridgehead atoms. The Labute approximate surface area is 97.2 Å². The molecule has 0 aliphatic carbocycles. The molecule has 2 heterocycles. The molecule has 1 N–H and O–H groups in total. The Balaban J connectivity index is 2.00. The molecular weight excluding hydrogens is 222 g/mol. The van der Waals surface area contributed by atoms with Gasteiger partial charge in [-0.05, 0) is 12.1 Å². The van der Waals surface area contributed by atoms with Gasteiger partial charge >= 0.3 is 5.97 Å². The first-order chi connectivity index (χ1) is 8.24. The van der Waals surface area contributed by atoms with E-state index in [0.29, 0.717) is 12.3 Å². The zero-order valence-corrected chi connectivity index (χ0v) is 9.05. The fraction of sp³-hybridized carbons (Fsp3) is 0.250. The molecule has 17 heavy (non-hydrogen) atoms. The molecule has 1 aliphatic rings. The van der Waals surface area contributed by atoms with Crippen molar-refractivity contribution in [3.63, 3.8) is 0 Å². The third kappa shape index (κ3) is 1.69. The zero-order valence-electron chi connectivity index (χ0n) is 9.05. The van der Waals surface area contributed by atoms with Crippen LogP contribution in [0.3, 0.4) is 0 Å². The van der Waals surface area contributed by atoms with E-state index < -0.39 is 5.97 Å². The van der Waals surface area contributed by atoms with E-state index in [1.807, 2.05) is 29.0 Å². The van der Waals surface area contributed by atoms with Gasteiger partial charge in [0.2, 0.25) is 6.79 Å². The Morgan fingerprint density at radius 1 is 1.35 bits per heavy atom. The van der Waals surface area contributed by atoms with Crippen molar-refractivity contribution in [3.8, 4) is 11.5 Å². The van der Waals surface area contributed by atoms with Crippen LogP contribution in [0.15, 0.2) is 24.4 Å². The highest BCUT2D eigenvalue weighted by Gasteiger charge is 2.15. The Morgan fingerprint density at radius 2 is 2.12 bits per heavy atom. The maximum absolute atomic E-state index is 10.6. The number of aliphatic carboxylic acids is 1.